The molecular weight excluding hydrogens is 254 g/mol. The van der Waals surface area contributed by atoms with Gasteiger partial charge in [-0.15, -0.1) is 0 Å². The summed E-state index contributed by atoms with van der Waals surface area (Å²) in [7, 11) is 1.52. The molecular formula is C14H12F2O3. The van der Waals surface area contributed by atoms with Gasteiger partial charge >= 0.3 is 5.97 Å². The summed E-state index contributed by atoms with van der Waals surface area (Å²) < 4.78 is 32.4. The van der Waals surface area contributed by atoms with Crippen LogP contribution in [0.1, 0.15) is 12.0 Å². The van der Waals surface area contributed by atoms with Crippen LogP contribution < -0.4 is 4.74 Å². The number of aliphatic carboxylic acids is 1. The van der Waals surface area contributed by atoms with Gasteiger partial charge in [-0.1, -0.05) is 18.2 Å². The van der Waals surface area contributed by atoms with Crippen molar-refractivity contribution < 1.29 is 23.4 Å². The molecule has 0 radical (unpaired) electrons. The number of methoxy groups -OCH3 is 1. The summed E-state index contributed by atoms with van der Waals surface area (Å²) >= 11 is 0. The predicted octanol–water partition coefficient (Wildman–Crippen LogP) is 3.41. The summed E-state index contributed by atoms with van der Waals surface area (Å²) in [4.78, 5) is 10.4. The number of hydrogen-bond donors (Lipinski definition) is 1. The molecule has 5 heteroatoms. The van der Waals surface area contributed by atoms with Crippen molar-refractivity contribution in [1.82, 2.24) is 0 Å². The zero-order valence-electron chi connectivity index (χ0n) is 10.2. The number of ether oxygens (including phenoxy) is 1. The van der Waals surface area contributed by atoms with E-state index in [2.05, 4.69) is 0 Å². The summed E-state index contributed by atoms with van der Waals surface area (Å²) in [6.07, 6.45) is -1.21. The van der Waals surface area contributed by atoms with E-state index in [9.17, 15) is 13.6 Å². The van der Waals surface area contributed by atoms with Crippen molar-refractivity contribution in [3.05, 3.63) is 42.0 Å². The molecule has 0 unspecified atom stereocenters. The Balaban J connectivity index is 2.44. The minimum atomic E-state index is -3.38. The maximum Gasteiger partial charge on any atom is 0.309 e. The lowest BCUT2D eigenvalue weighted by Gasteiger charge is -2.15. The van der Waals surface area contributed by atoms with E-state index in [4.69, 9.17) is 9.84 Å². The number of benzene rings is 2. The van der Waals surface area contributed by atoms with E-state index < -0.39 is 18.3 Å². The maximum absolute atomic E-state index is 13.7. The lowest BCUT2D eigenvalue weighted by atomic mass is 10.0. The molecule has 2 rings (SSSR count). The van der Waals surface area contributed by atoms with Crippen LogP contribution in [-0.2, 0) is 10.7 Å². The minimum absolute atomic E-state index is 0.299. The summed E-state index contributed by atoms with van der Waals surface area (Å²) in [5, 5.41) is 9.87. The van der Waals surface area contributed by atoms with Crippen LogP contribution in [0, 0.1) is 0 Å². The van der Waals surface area contributed by atoms with Crippen LogP contribution in [-0.4, -0.2) is 18.2 Å². The van der Waals surface area contributed by atoms with Crippen molar-refractivity contribution >= 4 is 16.7 Å². The van der Waals surface area contributed by atoms with Crippen LogP contribution in [0.5, 0.6) is 5.75 Å². The lowest BCUT2D eigenvalue weighted by Crippen LogP contribution is -2.18. The highest BCUT2D eigenvalue weighted by molar-refractivity contribution is 5.84. The third kappa shape index (κ3) is 2.81. The van der Waals surface area contributed by atoms with Crippen molar-refractivity contribution in [2.75, 3.05) is 7.11 Å². The van der Waals surface area contributed by atoms with E-state index in [1.54, 1.807) is 18.2 Å². The Hall–Kier alpha value is -2.17. The number of fused-ring (bicyclic) bond motifs is 1. The second-order valence-electron chi connectivity index (χ2n) is 4.20. The molecule has 0 heterocycles. The van der Waals surface area contributed by atoms with E-state index in [0.29, 0.717) is 11.1 Å². The van der Waals surface area contributed by atoms with Crippen LogP contribution in [0.4, 0.5) is 8.78 Å². The zero-order chi connectivity index (χ0) is 14.0. The van der Waals surface area contributed by atoms with Crippen LogP contribution in [0.3, 0.4) is 0 Å². The molecule has 0 aliphatic rings. The van der Waals surface area contributed by atoms with Crippen molar-refractivity contribution in [3.63, 3.8) is 0 Å². The molecule has 3 nitrogen and oxygen atoms in total. The highest BCUT2D eigenvalue weighted by atomic mass is 19.3. The van der Waals surface area contributed by atoms with Gasteiger partial charge in [-0.2, -0.15) is 0 Å². The molecule has 0 bridgehead atoms. The van der Waals surface area contributed by atoms with Gasteiger partial charge in [0, 0.05) is 5.56 Å². The largest absolute Gasteiger partial charge is 0.497 e. The van der Waals surface area contributed by atoms with Crippen molar-refractivity contribution in [2.45, 2.75) is 12.3 Å². The predicted molar refractivity (Wildman–Crippen MR) is 66.6 cm³/mol. The van der Waals surface area contributed by atoms with Gasteiger partial charge < -0.3 is 9.84 Å². The topological polar surface area (TPSA) is 46.5 Å². The Kier molecular flexibility index (Phi) is 3.38. The molecule has 0 aliphatic carbocycles. The van der Waals surface area contributed by atoms with E-state index in [0.717, 1.165) is 5.39 Å². The van der Waals surface area contributed by atoms with E-state index in [-0.39, 0.29) is 5.56 Å². The molecule has 0 fully saturated rings. The Morgan fingerprint density at radius 3 is 2.47 bits per heavy atom. The third-order valence-corrected chi connectivity index (χ3v) is 2.84. The Morgan fingerprint density at radius 1 is 1.21 bits per heavy atom. The molecule has 0 spiro atoms. The molecule has 0 atom stereocenters. The normalized spacial score (nSPS) is 11.5. The smallest absolute Gasteiger partial charge is 0.309 e. The molecule has 0 amide bonds. The molecule has 100 valence electrons. The number of halogens is 2. The first kappa shape index (κ1) is 13.3. The number of hydrogen-bond acceptors (Lipinski definition) is 2. The lowest BCUT2D eigenvalue weighted by molar-refractivity contribution is -0.145. The van der Waals surface area contributed by atoms with Crippen molar-refractivity contribution in [2.24, 2.45) is 0 Å². The average Bonchev–Trinajstić information content (AvgIpc) is 2.36. The summed E-state index contributed by atoms with van der Waals surface area (Å²) in [6, 6.07) is 9.13. The fourth-order valence-electron chi connectivity index (χ4n) is 1.87. The second kappa shape index (κ2) is 4.84. The first-order valence-electron chi connectivity index (χ1n) is 5.60. The quantitative estimate of drug-likeness (QED) is 0.922. The van der Waals surface area contributed by atoms with Gasteiger partial charge in [0.25, 0.3) is 5.92 Å². The Bertz CT molecular complexity index is 623. The standard InChI is InChI=1S/C14H12F2O3/c1-19-12-5-3-9-6-11(4-2-10(9)7-12)14(15,16)8-13(17)18/h2-7H,8H2,1H3,(H,17,18). The zero-order valence-corrected chi connectivity index (χ0v) is 10.2. The Labute approximate surface area is 108 Å². The number of carboxylic acid groups (broad SMARTS) is 1. The molecule has 0 saturated heterocycles. The highest BCUT2D eigenvalue weighted by Crippen LogP contribution is 2.34. The van der Waals surface area contributed by atoms with Gasteiger partial charge in [0.1, 0.15) is 12.2 Å². The van der Waals surface area contributed by atoms with Gasteiger partial charge in [-0.3, -0.25) is 4.79 Å². The summed E-state index contributed by atoms with van der Waals surface area (Å²) in [6.45, 7) is 0. The van der Waals surface area contributed by atoms with Gasteiger partial charge in [-0.25, -0.2) is 8.78 Å². The SMILES string of the molecule is COc1ccc2cc(C(F)(F)CC(=O)O)ccc2c1. The molecule has 0 aromatic heterocycles. The first-order valence-corrected chi connectivity index (χ1v) is 5.60. The summed E-state index contributed by atoms with van der Waals surface area (Å²) in [5.41, 5.74) is -0.299. The average molecular weight is 266 g/mol. The van der Waals surface area contributed by atoms with E-state index in [1.165, 1.54) is 25.3 Å². The third-order valence-electron chi connectivity index (χ3n) is 2.84. The fourth-order valence-corrected chi connectivity index (χ4v) is 1.87. The van der Waals surface area contributed by atoms with Crippen LogP contribution in [0.25, 0.3) is 10.8 Å². The molecule has 1 N–H and O–H groups in total. The fraction of sp³-hybridized carbons (Fsp3) is 0.214. The molecule has 19 heavy (non-hydrogen) atoms. The van der Waals surface area contributed by atoms with Gasteiger partial charge in [0.15, 0.2) is 0 Å². The molecule has 2 aromatic carbocycles. The molecule has 0 saturated carbocycles. The number of alkyl halides is 2. The van der Waals surface area contributed by atoms with Crippen LogP contribution >= 0.6 is 0 Å². The van der Waals surface area contributed by atoms with Crippen LogP contribution in [0.2, 0.25) is 0 Å². The van der Waals surface area contributed by atoms with E-state index in [1.807, 2.05) is 0 Å². The number of carbonyl (C=O) groups is 1. The van der Waals surface area contributed by atoms with Gasteiger partial charge in [-0.05, 0) is 29.0 Å². The highest BCUT2D eigenvalue weighted by Gasteiger charge is 2.34. The van der Waals surface area contributed by atoms with Crippen LogP contribution in [0.15, 0.2) is 36.4 Å². The monoisotopic (exact) mass is 266 g/mol. The van der Waals surface area contributed by atoms with Crippen molar-refractivity contribution in [1.29, 1.82) is 0 Å². The molecule has 2 aromatic rings. The summed E-state index contributed by atoms with van der Waals surface area (Å²) in [5.74, 6) is -4.27. The van der Waals surface area contributed by atoms with E-state index >= 15 is 0 Å². The number of carboxylic acids is 1. The Morgan fingerprint density at radius 2 is 1.84 bits per heavy atom. The maximum atomic E-state index is 13.7. The van der Waals surface area contributed by atoms with Crippen molar-refractivity contribution in [3.8, 4) is 5.75 Å². The minimum Gasteiger partial charge on any atom is -0.497 e. The first-order chi connectivity index (χ1) is 8.92. The number of rotatable bonds is 4. The molecule has 0 aliphatic heterocycles. The van der Waals surface area contributed by atoms with Gasteiger partial charge in [0.05, 0.1) is 7.11 Å². The van der Waals surface area contributed by atoms with Gasteiger partial charge in [0.2, 0.25) is 0 Å². The second-order valence-corrected chi connectivity index (χ2v) is 4.20.